The topological polar surface area (TPSA) is 72.5 Å². The zero-order chi connectivity index (χ0) is 16.5. The Bertz CT molecular complexity index is 1120. The molecule has 0 unspecified atom stereocenters. The number of hydrogen-bond donors (Lipinski definition) is 1. The number of para-hydroxylation sites is 1. The SMILES string of the molecule is O=C(/C=C\Nc1scc2c1c(=O)oc1ccccc12)c1ccco1. The van der Waals surface area contributed by atoms with Crippen LogP contribution in [0.4, 0.5) is 5.00 Å². The second-order valence-corrected chi connectivity index (χ2v) is 5.94. The molecule has 118 valence electrons. The first kappa shape index (κ1) is 14.5. The maximum Gasteiger partial charge on any atom is 0.347 e. The Labute approximate surface area is 139 Å². The fraction of sp³-hybridized carbons (Fsp3) is 0. The van der Waals surface area contributed by atoms with E-state index in [1.165, 1.54) is 29.9 Å². The van der Waals surface area contributed by atoms with Gasteiger partial charge in [0.25, 0.3) is 0 Å². The third-order valence-corrected chi connectivity index (χ3v) is 4.50. The predicted octanol–water partition coefficient (Wildman–Crippen LogP) is 4.41. The molecule has 0 bridgehead atoms. The first-order chi connectivity index (χ1) is 11.7. The number of furan rings is 1. The predicted molar refractivity (Wildman–Crippen MR) is 93.7 cm³/mol. The van der Waals surface area contributed by atoms with Gasteiger partial charge in [-0.15, -0.1) is 11.3 Å². The molecule has 4 rings (SSSR count). The molecular formula is C18H11NO4S. The zero-order valence-corrected chi connectivity index (χ0v) is 13.1. The minimum absolute atomic E-state index is 0.258. The maximum absolute atomic E-state index is 12.3. The van der Waals surface area contributed by atoms with Gasteiger partial charge in [-0.05, 0) is 18.2 Å². The molecule has 1 N–H and O–H groups in total. The van der Waals surface area contributed by atoms with Crippen molar-refractivity contribution in [1.82, 2.24) is 0 Å². The van der Waals surface area contributed by atoms with Crippen LogP contribution in [0.3, 0.4) is 0 Å². The lowest BCUT2D eigenvalue weighted by molar-refractivity contribution is 0.102. The number of anilines is 1. The molecule has 0 saturated heterocycles. The summed E-state index contributed by atoms with van der Waals surface area (Å²) in [6.45, 7) is 0. The van der Waals surface area contributed by atoms with E-state index >= 15 is 0 Å². The largest absolute Gasteiger partial charge is 0.461 e. The van der Waals surface area contributed by atoms with Crippen LogP contribution in [0.5, 0.6) is 0 Å². The van der Waals surface area contributed by atoms with Crippen molar-refractivity contribution < 1.29 is 13.6 Å². The highest BCUT2D eigenvalue weighted by Crippen LogP contribution is 2.33. The monoisotopic (exact) mass is 337 g/mol. The van der Waals surface area contributed by atoms with Crippen LogP contribution in [0.15, 0.2) is 73.9 Å². The molecule has 0 radical (unpaired) electrons. The summed E-state index contributed by atoms with van der Waals surface area (Å²) in [7, 11) is 0. The number of carbonyl (C=O) groups is 1. The van der Waals surface area contributed by atoms with Crippen LogP contribution in [0.1, 0.15) is 10.6 Å². The second-order valence-electron chi connectivity index (χ2n) is 5.06. The molecule has 1 aromatic carbocycles. The van der Waals surface area contributed by atoms with Crippen LogP contribution in [-0.2, 0) is 0 Å². The Hall–Kier alpha value is -3.12. The quantitative estimate of drug-likeness (QED) is 0.339. The Morgan fingerprint density at radius 3 is 2.83 bits per heavy atom. The number of ketones is 1. The Morgan fingerprint density at radius 1 is 1.12 bits per heavy atom. The van der Waals surface area contributed by atoms with Crippen molar-refractivity contribution in [3.8, 4) is 0 Å². The van der Waals surface area contributed by atoms with Crippen LogP contribution in [-0.4, -0.2) is 5.78 Å². The summed E-state index contributed by atoms with van der Waals surface area (Å²) in [4.78, 5) is 24.1. The van der Waals surface area contributed by atoms with Gasteiger partial charge in [0, 0.05) is 28.4 Å². The molecule has 6 heteroatoms. The maximum atomic E-state index is 12.3. The summed E-state index contributed by atoms with van der Waals surface area (Å²) in [6, 6.07) is 10.6. The van der Waals surface area contributed by atoms with Gasteiger partial charge in [0.2, 0.25) is 5.78 Å². The second kappa shape index (κ2) is 5.82. The normalized spacial score (nSPS) is 11.5. The Balaban J connectivity index is 1.69. The van der Waals surface area contributed by atoms with Crippen molar-refractivity contribution in [2.75, 3.05) is 5.32 Å². The molecule has 0 spiro atoms. The van der Waals surface area contributed by atoms with Gasteiger partial charge >= 0.3 is 5.63 Å². The molecule has 0 fully saturated rings. The highest BCUT2D eigenvalue weighted by Gasteiger charge is 2.13. The van der Waals surface area contributed by atoms with E-state index < -0.39 is 5.63 Å². The van der Waals surface area contributed by atoms with E-state index in [0.29, 0.717) is 16.0 Å². The molecule has 5 nitrogen and oxygen atoms in total. The number of benzene rings is 1. The van der Waals surface area contributed by atoms with Crippen molar-refractivity contribution in [3.63, 3.8) is 0 Å². The summed E-state index contributed by atoms with van der Waals surface area (Å²) < 4.78 is 10.4. The smallest absolute Gasteiger partial charge is 0.347 e. The highest BCUT2D eigenvalue weighted by molar-refractivity contribution is 7.16. The van der Waals surface area contributed by atoms with Gasteiger partial charge in [-0.3, -0.25) is 4.79 Å². The van der Waals surface area contributed by atoms with Crippen LogP contribution in [0.2, 0.25) is 0 Å². The minimum Gasteiger partial charge on any atom is -0.461 e. The number of rotatable bonds is 4. The molecule has 0 aliphatic heterocycles. The van der Waals surface area contributed by atoms with Crippen LogP contribution in [0.25, 0.3) is 21.7 Å². The number of fused-ring (bicyclic) bond motifs is 3. The fourth-order valence-corrected chi connectivity index (χ4v) is 3.42. The molecular weight excluding hydrogens is 326 g/mol. The molecule has 0 aliphatic carbocycles. The lowest BCUT2D eigenvalue weighted by Crippen LogP contribution is -2.01. The van der Waals surface area contributed by atoms with Gasteiger partial charge in [-0.1, -0.05) is 18.2 Å². The molecule has 0 amide bonds. The molecule has 0 saturated carbocycles. The molecule has 3 aromatic heterocycles. The van der Waals surface area contributed by atoms with Crippen molar-refractivity contribution in [2.45, 2.75) is 0 Å². The van der Waals surface area contributed by atoms with E-state index in [9.17, 15) is 9.59 Å². The Kier molecular flexibility index (Phi) is 3.51. The van der Waals surface area contributed by atoms with Gasteiger partial charge in [0.15, 0.2) is 5.76 Å². The number of carbonyl (C=O) groups excluding carboxylic acids is 1. The fourth-order valence-electron chi connectivity index (χ4n) is 2.49. The van der Waals surface area contributed by atoms with E-state index in [4.69, 9.17) is 8.83 Å². The van der Waals surface area contributed by atoms with E-state index in [1.807, 2.05) is 23.6 Å². The minimum atomic E-state index is -0.404. The standard InChI is InChI=1S/C18H11NO4S/c20-13(15-6-3-9-22-15)7-8-19-17-16-12(10-24-17)11-4-1-2-5-14(11)23-18(16)21/h1-10,19H/b8-7-. The van der Waals surface area contributed by atoms with E-state index in [1.54, 1.807) is 18.2 Å². The number of nitrogens with one attached hydrogen (secondary N) is 1. The summed E-state index contributed by atoms with van der Waals surface area (Å²) in [5.41, 5.74) is 0.154. The van der Waals surface area contributed by atoms with Crippen LogP contribution >= 0.6 is 11.3 Å². The first-order valence-electron chi connectivity index (χ1n) is 7.18. The summed E-state index contributed by atoms with van der Waals surface area (Å²) >= 11 is 1.38. The Morgan fingerprint density at radius 2 is 2.00 bits per heavy atom. The number of thiophene rings is 1. The molecule has 0 aliphatic rings. The third-order valence-electron chi connectivity index (χ3n) is 3.59. The van der Waals surface area contributed by atoms with Crippen molar-refractivity contribution in [1.29, 1.82) is 0 Å². The lowest BCUT2D eigenvalue weighted by atomic mass is 10.1. The van der Waals surface area contributed by atoms with Crippen molar-refractivity contribution >= 4 is 43.9 Å². The summed E-state index contributed by atoms with van der Waals surface area (Å²) in [5.74, 6) is 0.000409. The van der Waals surface area contributed by atoms with Gasteiger partial charge in [-0.2, -0.15) is 0 Å². The molecule has 0 atom stereocenters. The van der Waals surface area contributed by atoms with Gasteiger partial charge in [-0.25, -0.2) is 4.79 Å². The average Bonchev–Trinajstić information content (AvgIpc) is 3.25. The molecule has 24 heavy (non-hydrogen) atoms. The lowest BCUT2D eigenvalue weighted by Gasteiger charge is -2.00. The molecule has 3 heterocycles. The third kappa shape index (κ3) is 2.43. The average molecular weight is 337 g/mol. The summed E-state index contributed by atoms with van der Waals surface area (Å²) in [5, 5.41) is 7.71. The first-order valence-corrected chi connectivity index (χ1v) is 8.06. The highest BCUT2D eigenvalue weighted by atomic mass is 32.1. The zero-order valence-electron chi connectivity index (χ0n) is 12.3. The van der Waals surface area contributed by atoms with Crippen molar-refractivity contribution in [2.24, 2.45) is 0 Å². The van der Waals surface area contributed by atoms with E-state index in [0.717, 1.165) is 10.8 Å². The van der Waals surface area contributed by atoms with Gasteiger partial charge in [0.05, 0.1) is 6.26 Å². The van der Waals surface area contributed by atoms with E-state index in [2.05, 4.69) is 5.32 Å². The number of hydrogen-bond acceptors (Lipinski definition) is 6. The van der Waals surface area contributed by atoms with Crippen LogP contribution in [0, 0.1) is 0 Å². The van der Waals surface area contributed by atoms with Crippen LogP contribution < -0.4 is 10.9 Å². The van der Waals surface area contributed by atoms with E-state index in [-0.39, 0.29) is 11.5 Å². The summed E-state index contributed by atoms with van der Waals surface area (Å²) in [6.07, 6.45) is 4.29. The molecule has 4 aromatic rings. The van der Waals surface area contributed by atoms with Crippen molar-refractivity contribution in [3.05, 3.63) is 76.5 Å². The van der Waals surface area contributed by atoms with Gasteiger partial charge in [0.1, 0.15) is 16.0 Å². The van der Waals surface area contributed by atoms with Gasteiger partial charge < -0.3 is 14.2 Å². The number of allylic oxidation sites excluding steroid dienone is 1.